The molecule has 2 aromatic heterocycles. The predicted molar refractivity (Wildman–Crippen MR) is 257 cm³/mol. The molecular formula is C50H58N10O8. The van der Waals surface area contributed by atoms with Crippen LogP contribution in [0.5, 0.6) is 11.5 Å². The van der Waals surface area contributed by atoms with Crippen molar-refractivity contribution in [3.63, 3.8) is 0 Å². The van der Waals surface area contributed by atoms with Crippen molar-refractivity contribution >= 4 is 35.3 Å². The van der Waals surface area contributed by atoms with Crippen molar-refractivity contribution in [2.24, 2.45) is 11.5 Å². The van der Waals surface area contributed by atoms with E-state index in [4.69, 9.17) is 32.4 Å². The second-order valence-electron chi connectivity index (χ2n) is 16.9. The van der Waals surface area contributed by atoms with Gasteiger partial charge in [0, 0.05) is 24.2 Å². The number of amides is 4. The molecule has 0 atom stereocenters. The molecule has 0 radical (unpaired) electrons. The van der Waals surface area contributed by atoms with Gasteiger partial charge in [0.2, 0.25) is 0 Å². The molecule has 0 bridgehead atoms. The summed E-state index contributed by atoms with van der Waals surface area (Å²) in [4.78, 5) is 49.4. The number of ether oxygens (including phenoxy) is 2. The zero-order chi connectivity index (χ0) is 48.5. The van der Waals surface area contributed by atoms with Gasteiger partial charge < -0.3 is 53.3 Å². The monoisotopic (exact) mass is 926 g/mol. The highest BCUT2D eigenvalue weighted by atomic mass is 16.5. The molecular weight excluding hydrogens is 869 g/mol. The number of nitrogens with two attached hydrogens (primary N) is 4. The zero-order valence-electron chi connectivity index (χ0n) is 38.1. The molecule has 2 heterocycles. The number of nitrogens with zero attached hydrogens (tertiary/aromatic N) is 4. The Morgan fingerprint density at radius 1 is 0.559 bits per heavy atom. The lowest BCUT2D eigenvalue weighted by molar-refractivity contribution is 0.0939. The highest BCUT2D eigenvalue weighted by molar-refractivity contribution is 6.04. The van der Waals surface area contributed by atoms with Crippen molar-refractivity contribution < 1.29 is 38.9 Å². The lowest BCUT2D eigenvalue weighted by Gasteiger charge is -2.26. The van der Waals surface area contributed by atoms with Crippen LogP contribution in [0.4, 0.5) is 11.6 Å². The smallest absolute Gasteiger partial charge is 0.255 e. The van der Waals surface area contributed by atoms with E-state index in [0.29, 0.717) is 83.9 Å². The maximum atomic E-state index is 12.5. The van der Waals surface area contributed by atoms with Gasteiger partial charge in [-0.1, -0.05) is 72.8 Å². The maximum absolute atomic E-state index is 12.5. The molecule has 18 heteroatoms. The Balaban J connectivity index is 0.000000201. The first kappa shape index (κ1) is 48.2. The fraction of sp³-hybridized carbons (Fsp3) is 0.320. The van der Waals surface area contributed by atoms with E-state index >= 15 is 0 Å². The standard InChI is InChI=1S/2C25H29N5O4/c2*1-34-20-5-3-2-4-19(20)25(33)28-14-15-6-8-16(9-7-15)22-21(24(27)32)23(26)30(29-22)17-10-12-18(31)13-11-17/h2*2-9,17-18,31H,10-14,26H2,1H3,(H2,27,32)(H,28,33). The highest BCUT2D eigenvalue weighted by Crippen LogP contribution is 2.37. The average Bonchev–Trinajstić information content (AvgIpc) is 3.90. The largest absolute Gasteiger partial charge is 0.496 e. The summed E-state index contributed by atoms with van der Waals surface area (Å²) in [7, 11) is 3.05. The van der Waals surface area contributed by atoms with Crippen LogP contribution in [0.1, 0.15) is 116 Å². The number of hydrogen-bond acceptors (Lipinski definition) is 12. The molecule has 2 fully saturated rings. The Morgan fingerprint density at radius 3 is 1.22 bits per heavy atom. The van der Waals surface area contributed by atoms with Gasteiger partial charge in [-0.25, -0.2) is 9.36 Å². The van der Waals surface area contributed by atoms with Crippen LogP contribution in [0.2, 0.25) is 0 Å². The van der Waals surface area contributed by atoms with Gasteiger partial charge in [-0.3, -0.25) is 19.2 Å². The van der Waals surface area contributed by atoms with Crippen LogP contribution in [-0.4, -0.2) is 79.8 Å². The molecule has 0 spiro atoms. The molecule has 6 aromatic rings. The van der Waals surface area contributed by atoms with E-state index in [1.165, 1.54) is 14.2 Å². The van der Waals surface area contributed by atoms with Gasteiger partial charge in [-0.2, -0.15) is 10.2 Å². The topological polar surface area (TPSA) is 291 Å². The van der Waals surface area contributed by atoms with Gasteiger partial charge in [-0.05, 0) is 86.8 Å². The molecule has 2 aliphatic carbocycles. The number of aromatic nitrogens is 4. The lowest BCUT2D eigenvalue weighted by Crippen LogP contribution is -2.23. The Morgan fingerprint density at radius 2 is 0.897 bits per heavy atom. The Kier molecular flexibility index (Phi) is 15.4. The zero-order valence-corrected chi connectivity index (χ0v) is 38.1. The number of carbonyl (C=O) groups excluding carboxylic acids is 4. The Bertz CT molecular complexity index is 2550. The molecule has 4 amide bonds. The third kappa shape index (κ3) is 10.9. The maximum Gasteiger partial charge on any atom is 0.255 e. The van der Waals surface area contributed by atoms with E-state index < -0.39 is 11.8 Å². The van der Waals surface area contributed by atoms with E-state index in [1.807, 2.05) is 48.5 Å². The lowest BCUT2D eigenvalue weighted by atomic mass is 9.93. The van der Waals surface area contributed by atoms with Gasteiger partial charge in [-0.15, -0.1) is 0 Å². The third-order valence-electron chi connectivity index (χ3n) is 12.5. The number of aliphatic hydroxyl groups is 2. The van der Waals surface area contributed by atoms with Crippen LogP contribution in [0.15, 0.2) is 97.1 Å². The quantitative estimate of drug-likeness (QED) is 0.0692. The van der Waals surface area contributed by atoms with E-state index in [0.717, 1.165) is 36.8 Å². The number of nitrogen functional groups attached to an aromatic ring is 2. The second-order valence-corrected chi connectivity index (χ2v) is 16.9. The Hall–Kier alpha value is -7.70. The number of carbonyl (C=O) groups is 4. The van der Waals surface area contributed by atoms with Gasteiger partial charge in [0.1, 0.15) is 45.6 Å². The first-order valence-corrected chi connectivity index (χ1v) is 22.5. The van der Waals surface area contributed by atoms with Gasteiger partial charge in [0.05, 0.1) is 49.6 Å². The predicted octanol–water partition coefficient (Wildman–Crippen LogP) is 5.29. The molecule has 68 heavy (non-hydrogen) atoms. The van der Waals surface area contributed by atoms with Gasteiger partial charge in [0.15, 0.2) is 0 Å². The summed E-state index contributed by atoms with van der Waals surface area (Å²) in [6, 6.07) is 28.8. The van der Waals surface area contributed by atoms with Crippen LogP contribution in [-0.2, 0) is 13.1 Å². The van der Waals surface area contributed by atoms with E-state index in [2.05, 4.69) is 20.8 Å². The molecule has 0 aliphatic heterocycles. The summed E-state index contributed by atoms with van der Waals surface area (Å²) in [6.07, 6.45) is 4.98. The molecule has 0 saturated heterocycles. The normalized spacial score (nSPS) is 17.8. The van der Waals surface area contributed by atoms with Gasteiger partial charge in [0.25, 0.3) is 23.6 Å². The summed E-state index contributed by atoms with van der Waals surface area (Å²) in [5, 5.41) is 34.6. The summed E-state index contributed by atoms with van der Waals surface area (Å²) in [5.41, 5.74) is 29.2. The minimum atomic E-state index is -0.636. The van der Waals surface area contributed by atoms with Crippen LogP contribution >= 0.6 is 0 Å². The van der Waals surface area contributed by atoms with Gasteiger partial charge >= 0.3 is 0 Å². The molecule has 2 saturated carbocycles. The molecule has 2 aliphatic rings. The summed E-state index contributed by atoms with van der Waals surface area (Å²) in [6.45, 7) is 0.641. The molecule has 356 valence electrons. The van der Waals surface area contributed by atoms with Crippen LogP contribution < -0.4 is 43.0 Å². The third-order valence-corrected chi connectivity index (χ3v) is 12.5. The van der Waals surface area contributed by atoms with Crippen molar-refractivity contribution in [1.82, 2.24) is 30.2 Å². The number of anilines is 2. The number of primary amides is 2. The molecule has 18 nitrogen and oxygen atoms in total. The number of hydrogen-bond donors (Lipinski definition) is 8. The van der Waals surface area contributed by atoms with Crippen LogP contribution in [0.25, 0.3) is 22.5 Å². The number of rotatable bonds is 14. The van der Waals surface area contributed by atoms with Crippen molar-refractivity contribution in [2.75, 3.05) is 25.7 Å². The molecule has 0 unspecified atom stereocenters. The minimum Gasteiger partial charge on any atom is -0.496 e. The van der Waals surface area contributed by atoms with Crippen molar-refractivity contribution in [3.8, 4) is 34.0 Å². The Labute approximate surface area is 393 Å². The average molecular weight is 927 g/mol. The van der Waals surface area contributed by atoms with Crippen LogP contribution in [0, 0.1) is 0 Å². The SMILES string of the molecule is COc1ccccc1C(=O)NCc1ccc(-c2nn(C3CCC(O)CC3)c(N)c2C(N)=O)cc1.COc1ccccc1C(=O)NCc1ccc(-c2nn(C3CCC(O)CC3)c(N)c2C(N)=O)cc1. The fourth-order valence-electron chi connectivity index (χ4n) is 8.73. The first-order valence-electron chi connectivity index (χ1n) is 22.5. The van der Waals surface area contributed by atoms with Crippen molar-refractivity contribution in [2.45, 2.75) is 88.7 Å². The first-order chi connectivity index (χ1) is 32.8. The molecule has 4 aromatic carbocycles. The number of nitrogens with one attached hydrogen (secondary N) is 2. The minimum absolute atomic E-state index is 0.0136. The molecule has 8 rings (SSSR count). The van der Waals surface area contributed by atoms with E-state index in [1.54, 1.807) is 57.9 Å². The summed E-state index contributed by atoms with van der Waals surface area (Å²) >= 11 is 0. The number of methoxy groups -OCH3 is 2. The number of aliphatic hydroxyl groups excluding tert-OH is 2. The number of para-hydroxylation sites is 2. The van der Waals surface area contributed by atoms with Crippen LogP contribution in [0.3, 0.4) is 0 Å². The molecule has 12 N–H and O–H groups in total. The van der Waals surface area contributed by atoms with Crippen molar-refractivity contribution in [1.29, 1.82) is 0 Å². The summed E-state index contributed by atoms with van der Waals surface area (Å²) in [5.74, 6) is -0.229. The highest BCUT2D eigenvalue weighted by Gasteiger charge is 2.30. The fourth-order valence-corrected chi connectivity index (χ4v) is 8.73. The number of benzene rings is 4. The summed E-state index contributed by atoms with van der Waals surface area (Å²) < 4.78 is 13.8. The van der Waals surface area contributed by atoms with Crippen molar-refractivity contribution in [3.05, 3.63) is 130 Å². The second kappa shape index (κ2) is 21.7. The van der Waals surface area contributed by atoms with E-state index in [9.17, 15) is 29.4 Å². The van der Waals surface area contributed by atoms with E-state index in [-0.39, 0.29) is 58.9 Å².